The number of anilines is 3. The van der Waals surface area contributed by atoms with Crippen molar-refractivity contribution in [3.05, 3.63) is 77.5 Å². The quantitative estimate of drug-likeness (QED) is 0.551. The predicted octanol–water partition coefficient (Wildman–Crippen LogP) is 3.91. The maximum absolute atomic E-state index is 12.7. The maximum Gasteiger partial charge on any atom is 0.339 e. The van der Waals surface area contributed by atoms with Crippen molar-refractivity contribution < 1.29 is 18.3 Å². The number of hydrogen-bond acceptors (Lipinski definition) is 6. The summed E-state index contributed by atoms with van der Waals surface area (Å²) in [5.74, 6) is -0.825. The van der Waals surface area contributed by atoms with Crippen LogP contribution in [0.15, 0.2) is 65.7 Å². The highest BCUT2D eigenvalue weighted by atomic mass is 32.2. The first-order valence-corrected chi connectivity index (χ1v) is 12.5. The second kappa shape index (κ2) is 9.34. The summed E-state index contributed by atoms with van der Waals surface area (Å²) < 4.78 is 27.9. The summed E-state index contributed by atoms with van der Waals surface area (Å²) in [6, 6.07) is 16.2. The molecule has 0 radical (unpaired) electrons. The van der Waals surface area contributed by atoms with Gasteiger partial charge in [0.05, 0.1) is 16.8 Å². The zero-order valence-electron chi connectivity index (χ0n) is 19.4. The second-order valence-corrected chi connectivity index (χ2v) is 10.3. The van der Waals surface area contributed by atoms with E-state index in [1.54, 1.807) is 12.1 Å². The Morgan fingerprint density at radius 3 is 2.44 bits per heavy atom. The number of aryl methyl sites for hydroxylation is 2. The molecule has 178 valence electrons. The molecule has 3 aromatic rings. The molecule has 2 heterocycles. The van der Waals surface area contributed by atoms with E-state index in [1.807, 2.05) is 17.9 Å². The number of carboxylic acids is 1. The molecule has 34 heavy (non-hydrogen) atoms. The molecule has 0 unspecified atom stereocenters. The fraction of sp³-hybridized carbons (Fsp3) is 0.280. The van der Waals surface area contributed by atoms with Gasteiger partial charge in [0.25, 0.3) is 10.0 Å². The van der Waals surface area contributed by atoms with Crippen LogP contribution in [0, 0.1) is 13.8 Å². The standard InChI is InChI=1S/C25H28N4O4S/c1-17-7-9-22(10-8-17)34(32,33)27-20-14-23(25(30)31)24(26-15-20)28-11-12-29(19(3)16-28)21-6-4-5-18(2)13-21/h4-10,13-15,19,27H,11-12,16H2,1-3H3,(H,30,31)/t19-/m0/s1. The number of benzene rings is 2. The van der Waals surface area contributed by atoms with Crippen LogP contribution in [-0.4, -0.2) is 50.2 Å². The van der Waals surface area contributed by atoms with Gasteiger partial charge in [0, 0.05) is 31.4 Å². The minimum atomic E-state index is -3.86. The van der Waals surface area contributed by atoms with E-state index < -0.39 is 16.0 Å². The van der Waals surface area contributed by atoms with E-state index in [9.17, 15) is 18.3 Å². The van der Waals surface area contributed by atoms with Crippen molar-refractivity contribution in [1.29, 1.82) is 0 Å². The summed E-state index contributed by atoms with van der Waals surface area (Å²) in [4.78, 5) is 20.7. The minimum Gasteiger partial charge on any atom is -0.478 e. The Balaban J connectivity index is 1.55. The van der Waals surface area contributed by atoms with Gasteiger partial charge in [0.1, 0.15) is 11.4 Å². The van der Waals surface area contributed by atoms with Gasteiger partial charge < -0.3 is 14.9 Å². The van der Waals surface area contributed by atoms with Gasteiger partial charge in [0.15, 0.2) is 0 Å². The van der Waals surface area contributed by atoms with Gasteiger partial charge >= 0.3 is 5.97 Å². The van der Waals surface area contributed by atoms with E-state index in [0.717, 1.165) is 11.3 Å². The monoisotopic (exact) mass is 480 g/mol. The highest BCUT2D eigenvalue weighted by molar-refractivity contribution is 7.92. The molecule has 0 saturated carbocycles. The van der Waals surface area contributed by atoms with Gasteiger partial charge in [-0.05, 0) is 56.7 Å². The SMILES string of the molecule is Cc1ccc(S(=O)(=O)Nc2cnc(N3CCN(c4cccc(C)c4)[C@@H](C)C3)c(C(=O)O)c2)cc1. The minimum absolute atomic E-state index is 0.0414. The normalized spacial score (nSPS) is 16.4. The van der Waals surface area contributed by atoms with E-state index in [1.165, 1.54) is 30.0 Å². The van der Waals surface area contributed by atoms with Crippen molar-refractivity contribution in [3.8, 4) is 0 Å². The topological polar surface area (TPSA) is 103 Å². The summed E-state index contributed by atoms with van der Waals surface area (Å²) >= 11 is 0. The Labute approximate surface area is 199 Å². The lowest BCUT2D eigenvalue weighted by molar-refractivity contribution is 0.0697. The second-order valence-electron chi connectivity index (χ2n) is 8.65. The van der Waals surface area contributed by atoms with Crippen LogP contribution in [0.4, 0.5) is 17.2 Å². The van der Waals surface area contributed by atoms with Gasteiger partial charge in [-0.3, -0.25) is 4.72 Å². The van der Waals surface area contributed by atoms with Gasteiger partial charge in [-0.2, -0.15) is 0 Å². The highest BCUT2D eigenvalue weighted by Crippen LogP contribution is 2.28. The summed E-state index contributed by atoms with van der Waals surface area (Å²) in [7, 11) is -3.86. The maximum atomic E-state index is 12.7. The van der Waals surface area contributed by atoms with E-state index >= 15 is 0 Å². The number of carboxylic acid groups (broad SMARTS) is 1. The molecule has 2 N–H and O–H groups in total. The zero-order chi connectivity index (χ0) is 24.5. The Morgan fingerprint density at radius 1 is 1.06 bits per heavy atom. The van der Waals surface area contributed by atoms with Gasteiger partial charge in [-0.15, -0.1) is 0 Å². The number of piperazine rings is 1. The lowest BCUT2D eigenvalue weighted by Crippen LogP contribution is -2.52. The molecule has 1 fully saturated rings. The Kier molecular flexibility index (Phi) is 6.47. The largest absolute Gasteiger partial charge is 0.478 e. The van der Waals surface area contributed by atoms with Crippen LogP contribution in [0.1, 0.15) is 28.4 Å². The summed E-state index contributed by atoms with van der Waals surface area (Å²) in [6.45, 7) is 7.93. The lowest BCUT2D eigenvalue weighted by Gasteiger charge is -2.42. The Bertz CT molecular complexity index is 1310. The Morgan fingerprint density at radius 2 is 1.79 bits per heavy atom. The van der Waals surface area contributed by atoms with Crippen LogP contribution < -0.4 is 14.5 Å². The molecule has 0 aliphatic carbocycles. The third-order valence-electron chi connectivity index (χ3n) is 5.94. The number of hydrogen-bond donors (Lipinski definition) is 2. The van der Waals surface area contributed by atoms with Crippen LogP contribution in [-0.2, 0) is 10.0 Å². The molecule has 0 bridgehead atoms. The molecule has 8 nitrogen and oxygen atoms in total. The van der Waals surface area contributed by atoms with Crippen LogP contribution in [0.3, 0.4) is 0 Å². The van der Waals surface area contributed by atoms with E-state index in [0.29, 0.717) is 25.5 Å². The van der Waals surface area contributed by atoms with Crippen molar-refractivity contribution in [1.82, 2.24) is 4.98 Å². The van der Waals surface area contributed by atoms with Crippen LogP contribution in [0.25, 0.3) is 0 Å². The van der Waals surface area contributed by atoms with Crippen molar-refractivity contribution in [3.63, 3.8) is 0 Å². The molecule has 0 amide bonds. The molecule has 1 aliphatic heterocycles. The number of aromatic nitrogens is 1. The summed E-state index contributed by atoms with van der Waals surface area (Å²) in [6.07, 6.45) is 1.37. The molecule has 1 saturated heterocycles. The smallest absolute Gasteiger partial charge is 0.339 e. The van der Waals surface area contributed by atoms with Crippen molar-refractivity contribution in [2.45, 2.75) is 31.7 Å². The van der Waals surface area contributed by atoms with Crippen LogP contribution >= 0.6 is 0 Å². The molecular formula is C25H28N4O4S. The molecule has 0 spiro atoms. The summed E-state index contributed by atoms with van der Waals surface area (Å²) in [5.41, 5.74) is 3.33. The molecule has 1 aliphatic rings. The van der Waals surface area contributed by atoms with E-state index in [-0.39, 0.29) is 22.2 Å². The molecule has 4 rings (SSSR count). The number of sulfonamides is 1. The summed E-state index contributed by atoms with van der Waals surface area (Å²) in [5, 5.41) is 9.84. The van der Waals surface area contributed by atoms with Crippen molar-refractivity contribution in [2.24, 2.45) is 0 Å². The number of carbonyl (C=O) groups is 1. The van der Waals surface area contributed by atoms with E-state index in [4.69, 9.17) is 0 Å². The average Bonchev–Trinajstić information content (AvgIpc) is 2.79. The van der Waals surface area contributed by atoms with Crippen LogP contribution in [0.5, 0.6) is 0 Å². The number of rotatable bonds is 6. The van der Waals surface area contributed by atoms with Gasteiger partial charge in [0.2, 0.25) is 0 Å². The molecule has 1 atom stereocenters. The van der Waals surface area contributed by atoms with Crippen molar-refractivity contribution in [2.75, 3.05) is 34.2 Å². The molecule has 1 aromatic heterocycles. The van der Waals surface area contributed by atoms with Gasteiger partial charge in [-0.25, -0.2) is 18.2 Å². The Hall–Kier alpha value is -3.59. The zero-order valence-corrected chi connectivity index (χ0v) is 20.2. The molecule has 2 aromatic carbocycles. The number of nitrogens with zero attached hydrogens (tertiary/aromatic N) is 3. The molecule has 9 heteroatoms. The number of nitrogens with one attached hydrogen (secondary N) is 1. The van der Waals surface area contributed by atoms with Crippen LogP contribution in [0.2, 0.25) is 0 Å². The third-order valence-corrected chi connectivity index (χ3v) is 7.34. The van der Waals surface area contributed by atoms with E-state index in [2.05, 4.69) is 46.7 Å². The fourth-order valence-corrected chi connectivity index (χ4v) is 5.23. The number of pyridine rings is 1. The van der Waals surface area contributed by atoms with Crippen molar-refractivity contribution >= 4 is 33.2 Å². The first-order chi connectivity index (χ1) is 16.1. The predicted molar refractivity (Wildman–Crippen MR) is 133 cm³/mol. The molecular weight excluding hydrogens is 452 g/mol. The van der Waals surface area contributed by atoms with Gasteiger partial charge in [-0.1, -0.05) is 29.8 Å². The average molecular weight is 481 g/mol. The lowest BCUT2D eigenvalue weighted by atomic mass is 10.1. The highest BCUT2D eigenvalue weighted by Gasteiger charge is 2.28. The fourth-order valence-electron chi connectivity index (χ4n) is 4.19. The first-order valence-electron chi connectivity index (χ1n) is 11.0. The first kappa shape index (κ1) is 23.6. The number of aromatic carboxylic acids is 1. The third kappa shape index (κ3) is 4.99.